The lowest BCUT2D eigenvalue weighted by atomic mass is 9.84. The highest BCUT2D eigenvalue weighted by Crippen LogP contribution is 2.34. The number of hydrogen-bond donors (Lipinski definition) is 0. The van der Waals surface area contributed by atoms with Crippen molar-refractivity contribution in [2.45, 2.75) is 58.8 Å². The molecule has 4 rings (SSSR count). The van der Waals surface area contributed by atoms with Crippen molar-refractivity contribution < 1.29 is 13.2 Å². The Morgan fingerprint density at radius 3 is 2.27 bits per heavy atom. The minimum atomic E-state index is -0.734. The summed E-state index contributed by atoms with van der Waals surface area (Å²) < 4.78 is 43.9. The van der Waals surface area contributed by atoms with Gasteiger partial charge in [-0.3, -0.25) is 0 Å². The average Bonchev–Trinajstić information content (AvgIpc) is 2.81. The van der Waals surface area contributed by atoms with E-state index in [1.165, 1.54) is 12.5 Å². The fourth-order valence-electron chi connectivity index (χ4n) is 4.82. The molecule has 0 aliphatic heterocycles. The molecule has 0 N–H and O–H groups in total. The van der Waals surface area contributed by atoms with Crippen LogP contribution in [-0.2, 0) is 12.8 Å². The fraction of sp³-hybridized carbons (Fsp3) is 0.333. The van der Waals surface area contributed by atoms with E-state index >= 15 is 0 Å². The van der Waals surface area contributed by atoms with Crippen molar-refractivity contribution in [1.29, 1.82) is 0 Å². The van der Waals surface area contributed by atoms with Gasteiger partial charge in [0.25, 0.3) is 0 Å². The lowest BCUT2D eigenvalue weighted by molar-refractivity contribution is 0.443. The second-order valence-electron chi connectivity index (χ2n) is 9.24. The van der Waals surface area contributed by atoms with E-state index in [9.17, 15) is 13.2 Å². The molecule has 172 valence electrons. The van der Waals surface area contributed by atoms with E-state index < -0.39 is 11.6 Å². The molecule has 0 radical (unpaired) electrons. The summed E-state index contributed by atoms with van der Waals surface area (Å²) in [5.74, 6) is -1.03. The van der Waals surface area contributed by atoms with E-state index in [4.69, 9.17) is 0 Å². The van der Waals surface area contributed by atoms with Gasteiger partial charge in [-0.2, -0.15) is 0 Å². The molecule has 33 heavy (non-hydrogen) atoms. The van der Waals surface area contributed by atoms with Gasteiger partial charge in [0.2, 0.25) is 0 Å². The third-order valence-corrected chi connectivity index (χ3v) is 6.80. The zero-order valence-electron chi connectivity index (χ0n) is 19.4. The molecule has 0 saturated carbocycles. The number of allylic oxidation sites excluding steroid dienone is 2. The standard InChI is InChI=1S/C30H31F3/c1-3-4-21-6-13-24(14-7-21)27-18-16-25(29(32)30(27)33)15-10-22-8-11-23(12-9-22)26-17-5-20(2)19-28(26)31/h5,8-9,11-13,16-19,21H,3-4,6-7,10,14-15H2,1-2H3. The van der Waals surface area contributed by atoms with Gasteiger partial charge >= 0.3 is 0 Å². The molecule has 1 unspecified atom stereocenters. The number of hydrogen-bond acceptors (Lipinski definition) is 0. The molecule has 0 fully saturated rings. The van der Waals surface area contributed by atoms with Gasteiger partial charge in [-0.1, -0.05) is 74.4 Å². The largest absolute Gasteiger partial charge is 0.206 e. The number of rotatable bonds is 7. The Morgan fingerprint density at radius 2 is 1.61 bits per heavy atom. The van der Waals surface area contributed by atoms with Crippen LogP contribution < -0.4 is 0 Å². The summed E-state index contributed by atoms with van der Waals surface area (Å²) in [5.41, 5.74) is 5.00. The smallest absolute Gasteiger partial charge is 0.166 e. The van der Waals surface area contributed by atoms with Gasteiger partial charge in [0.15, 0.2) is 11.6 Å². The highest BCUT2D eigenvalue weighted by atomic mass is 19.2. The van der Waals surface area contributed by atoms with Crippen molar-refractivity contribution in [2.75, 3.05) is 0 Å². The van der Waals surface area contributed by atoms with Crippen LogP contribution in [0.2, 0.25) is 0 Å². The van der Waals surface area contributed by atoms with Crippen molar-refractivity contribution in [3.63, 3.8) is 0 Å². The molecule has 0 heterocycles. The Kier molecular flexibility index (Phi) is 7.37. The second-order valence-corrected chi connectivity index (χ2v) is 9.24. The molecule has 1 aliphatic carbocycles. The van der Waals surface area contributed by atoms with E-state index in [-0.39, 0.29) is 5.82 Å². The Bertz CT molecular complexity index is 1140. The fourth-order valence-corrected chi connectivity index (χ4v) is 4.82. The first-order valence-corrected chi connectivity index (χ1v) is 12.0. The van der Waals surface area contributed by atoms with Crippen molar-refractivity contribution >= 4 is 5.57 Å². The summed E-state index contributed by atoms with van der Waals surface area (Å²) in [6, 6.07) is 16.3. The third-order valence-electron chi connectivity index (χ3n) is 6.80. The summed E-state index contributed by atoms with van der Waals surface area (Å²) in [5, 5.41) is 0. The number of aryl methyl sites for hydroxylation is 3. The molecular weight excluding hydrogens is 417 g/mol. The van der Waals surface area contributed by atoms with E-state index in [1.54, 1.807) is 18.2 Å². The molecule has 0 amide bonds. The molecular formula is C30H31F3. The quantitative estimate of drug-likeness (QED) is 0.339. The Morgan fingerprint density at radius 1 is 0.848 bits per heavy atom. The van der Waals surface area contributed by atoms with Crippen LogP contribution in [0.15, 0.2) is 60.7 Å². The van der Waals surface area contributed by atoms with E-state index in [0.717, 1.165) is 47.9 Å². The third kappa shape index (κ3) is 5.40. The summed E-state index contributed by atoms with van der Waals surface area (Å²) in [6.07, 6.45) is 8.28. The number of halogens is 3. The molecule has 0 aromatic heterocycles. The van der Waals surface area contributed by atoms with Crippen LogP contribution in [0, 0.1) is 30.3 Å². The van der Waals surface area contributed by atoms with Gasteiger partial charge in [0.1, 0.15) is 5.82 Å². The van der Waals surface area contributed by atoms with Crippen molar-refractivity contribution in [1.82, 2.24) is 0 Å². The highest BCUT2D eigenvalue weighted by Gasteiger charge is 2.20. The van der Waals surface area contributed by atoms with Gasteiger partial charge in [0.05, 0.1) is 0 Å². The van der Waals surface area contributed by atoms with E-state index in [0.29, 0.717) is 35.4 Å². The van der Waals surface area contributed by atoms with E-state index in [1.807, 2.05) is 37.3 Å². The van der Waals surface area contributed by atoms with Crippen molar-refractivity contribution in [3.8, 4) is 11.1 Å². The normalized spacial score (nSPS) is 16.0. The van der Waals surface area contributed by atoms with Gasteiger partial charge in [0, 0.05) is 11.1 Å². The predicted molar refractivity (Wildman–Crippen MR) is 131 cm³/mol. The number of benzene rings is 3. The first-order valence-electron chi connectivity index (χ1n) is 12.0. The first-order chi connectivity index (χ1) is 16.0. The first kappa shape index (κ1) is 23.4. The topological polar surface area (TPSA) is 0 Å². The summed E-state index contributed by atoms with van der Waals surface area (Å²) in [7, 11) is 0. The molecule has 0 bridgehead atoms. The van der Waals surface area contributed by atoms with Crippen LogP contribution in [0.25, 0.3) is 16.7 Å². The van der Waals surface area contributed by atoms with Gasteiger partial charge in [-0.15, -0.1) is 0 Å². The minimum Gasteiger partial charge on any atom is -0.206 e. The molecule has 0 nitrogen and oxygen atoms in total. The predicted octanol–water partition coefficient (Wildman–Crippen LogP) is 8.85. The van der Waals surface area contributed by atoms with Crippen LogP contribution in [0.1, 0.15) is 61.3 Å². The minimum absolute atomic E-state index is 0.241. The molecule has 0 saturated heterocycles. The lowest BCUT2D eigenvalue weighted by Gasteiger charge is -2.22. The summed E-state index contributed by atoms with van der Waals surface area (Å²) in [4.78, 5) is 0. The maximum absolute atomic E-state index is 14.9. The zero-order chi connectivity index (χ0) is 23.4. The lowest BCUT2D eigenvalue weighted by Crippen LogP contribution is -2.07. The molecule has 3 aromatic carbocycles. The second kappa shape index (κ2) is 10.4. The van der Waals surface area contributed by atoms with Crippen LogP contribution in [0.4, 0.5) is 13.2 Å². The Balaban J connectivity index is 1.43. The monoisotopic (exact) mass is 448 g/mol. The van der Waals surface area contributed by atoms with Gasteiger partial charge < -0.3 is 0 Å². The summed E-state index contributed by atoms with van der Waals surface area (Å²) >= 11 is 0. The highest BCUT2D eigenvalue weighted by molar-refractivity contribution is 5.67. The summed E-state index contributed by atoms with van der Waals surface area (Å²) in [6.45, 7) is 4.05. The van der Waals surface area contributed by atoms with Gasteiger partial charge in [-0.05, 0) is 78.8 Å². The van der Waals surface area contributed by atoms with Gasteiger partial charge in [-0.25, -0.2) is 13.2 Å². The zero-order valence-corrected chi connectivity index (χ0v) is 19.4. The van der Waals surface area contributed by atoms with E-state index in [2.05, 4.69) is 13.0 Å². The van der Waals surface area contributed by atoms with Crippen LogP contribution in [0.3, 0.4) is 0 Å². The molecule has 0 spiro atoms. The molecule has 3 aromatic rings. The molecule has 1 atom stereocenters. The average molecular weight is 449 g/mol. The van der Waals surface area contributed by atoms with Crippen LogP contribution >= 0.6 is 0 Å². The maximum Gasteiger partial charge on any atom is 0.166 e. The Labute approximate surface area is 195 Å². The Hall–Kier alpha value is -2.81. The maximum atomic E-state index is 14.9. The van der Waals surface area contributed by atoms with Crippen LogP contribution in [0.5, 0.6) is 0 Å². The van der Waals surface area contributed by atoms with Crippen molar-refractivity contribution in [2.24, 2.45) is 5.92 Å². The van der Waals surface area contributed by atoms with Crippen molar-refractivity contribution in [3.05, 3.63) is 100 Å². The molecule has 1 aliphatic rings. The molecule has 3 heteroatoms. The SMILES string of the molecule is CCCC1CC=C(c2ccc(CCc3ccc(-c4ccc(C)cc4F)cc3)c(F)c2F)CC1. The van der Waals surface area contributed by atoms with Crippen LogP contribution in [-0.4, -0.2) is 0 Å².